The fourth-order valence-electron chi connectivity index (χ4n) is 5.30. The van der Waals surface area contributed by atoms with Crippen LogP contribution in [-0.4, -0.2) is 25.7 Å². The lowest BCUT2D eigenvalue weighted by molar-refractivity contribution is 0.100. The molecule has 170 valence electrons. The van der Waals surface area contributed by atoms with Crippen LogP contribution in [0.25, 0.3) is 33.1 Å². The Morgan fingerprint density at radius 3 is 1.97 bits per heavy atom. The zero-order chi connectivity index (χ0) is 24.3. The second-order valence-electron chi connectivity index (χ2n) is 9.01. The molecule has 0 fully saturated rings. The SMILES string of the molecule is CC(=O)c1c(-c2ccccc2)c(C(C)=O)n2nc(C)c3c(C)n(-c4ccc(C)cc4)c(C)c3c12. The van der Waals surface area contributed by atoms with Crippen LogP contribution < -0.4 is 0 Å². The first-order chi connectivity index (χ1) is 16.2. The van der Waals surface area contributed by atoms with Gasteiger partial charge in [0.1, 0.15) is 5.69 Å². The normalized spacial score (nSPS) is 11.5. The number of fused-ring (bicyclic) bond motifs is 3. The van der Waals surface area contributed by atoms with Crippen LogP contribution in [0.5, 0.6) is 0 Å². The van der Waals surface area contributed by atoms with E-state index in [2.05, 4.69) is 49.6 Å². The van der Waals surface area contributed by atoms with Crippen molar-refractivity contribution in [2.24, 2.45) is 0 Å². The summed E-state index contributed by atoms with van der Waals surface area (Å²) in [6, 6.07) is 18.0. The largest absolute Gasteiger partial charge is 0.317 e. The number of Topliss-reactive ketones (excluding diaryl/α,β-unsaturated/α-hetero) is 2. The van der Waals surface area contributed by atoms with Gasteiger partial charge in [0, 0.05) is 40.3 Å². The number of nitrogens with zero attached hydrogens (tertiary/aromatic N) is 3. The standard InChI is InChI=1S/C29H27N3O2/c1-16-12-14-23(15-13-16)31-18(3)24-17(2)30-32-28(21(6)34)27(22-10-8-7-9-11-22)26(20(5)33)29(32)25(24)19(31)4/h7-15H,1-6H3. The number of rotatable bonds is 4. The van der Waals surface area contributed by atoms with Crippen LogP contribution in [0, 0.1) is 27.7 Å². The molecule has 0 aliphatic rings. The first-order valence-corrected chi connectivity index (χ1v) is 11.4. The van der Waals surface area contributed by atoms with Gasteiger partial charge in [0.25, 0.3) is 0 Å². The van der Waals surface area contributed by atoms with Gasteiger partial charge in [0.15, 0.2) is 11.6 Å². The van der Waals surface area contributed by atoms with E-state index >= 15 is 0 Å². The molecular weight excluding hydrogens is 422 g/mol. The summed E-state index contributed by atoms with van der Waals surface area (Å²) in [4.78, 5) is 26.1. The van der Waals surface area contributed by atoms with E-state index in [1.54, 1.807) is 11.4 Å². The number of aromatic nitrogens is 3. The molecule has 0 aliphatic carbocycles. The minimum Gasteiger partial charge on any atom is -0.317 e. The fourth-order valence-corrected chi connectivity index (χ4v) is 5.30. The minimum absolute atomic E-state index is 0.0871. The third-order valence-electron chi connectivity index (χ3n) is 6.68. The van der Waals surface area contributed by atoms with Crippen molar-refractivity contribution in [3.05, 3.63) is 88.5 Å². The number of aryl methyl sites for hydroxylation is 4. The maximum atomic E-state index is 13.2. The van der Waals surface area contributed by atoms with Gasteiger partial charge in [-0.05, 0) is 52.3 Å². The summed E-state index contributed by atoms with van der Waals surface area (Å²) < 4.78 is 3.91. The van der Waals surface area contributed by atoms with Crippen LogP contribution in [0.4, 0.5) is 0 Å². The quantitative estimate of drug-likeness (QED) is 0.291. The van der Waals surface area contributed by atoms with Gasteiger partial charge in [-0.2, -0.15) is 5.10 Å². The Balaban J connectivity index is 2.03. The molecule has 0 N–H and O–H groups in total. The summed E-state index contributed by atoms with van der Waals surface area (Å²) in [5.74, 6) is -0.212. The number of hydrogen-bond acceptors (Lipinski definition) is 3. The Kier molecular flexibility index (Phi) is 5.01. The van der Waals surface area contributed by atoms with Gasteiger partial charge in [0.2, 0.25) is 0 Å². The average molecular weight is 450 g/mol. The lowest BCUT2D eigenvalue weighted by atomic mass is 9.96. The van der Waals surface area contributed by atoms with Crippen molar-refractivity contribution >= 4 is 27.9 Å². The highest BCUT2D eigenvalue weighted by molar-refractivity contribution is 6.19. The molecule has 0 atom stereocenters. The van der Waals surface area contributed by atoms with Crippen LogP contribution in [-0.2, 0) is 0 Å². The van der Waals surface area contributed by atoms with Gasteiger partial charge in [-0.1, -0.05) is 48.0 Å². The number of carbonyl (C=O) groups is 2. The summed E-state index contributed by atoms with van der Waals surface area (Å²) in [6.07, 6.45) is 0. The lowest BCUT2D eigenvalue weighted by Gasteiger charge is -2.09. The number of hydrogen-bond donors (Lipinski definition) is 0. The first kappa shape index (κ1) is 21.8. The van der Waals surface area contributed by atoms with Crippen LogP contribution in [0.2, 0.25) is 0 Å². The molecule has 0 radical (unpaired) electrons. The summed E-state index contributed by atoms with van der Waals surface area (Å²) in [6.45, 7) is 11.3. The van der Waals surface area contributed by atoms with Gasteiger partial charge in [-0.15, -0.1) is 0 Å². The van der Waals surface area contributed by atoms with Gasteiger partial charge in [-0.3, -0.25) is 9.59 Å². The van der Waals surface area contributed by atoms with Crippen molar-refractivity contribution < 1.29 is 9.59 Å². The molecule has 34 heavy (non-hydrogen) atoms. The van der Waals surface area contributed by atoms with Crippen molar-refractivity contribution in [2.75, 3.05) is 0 Å². The second kappa shape index (κ2) is 7.80. The molecule has 0 unspecified atom stereocenters. The van der Waals surface area contributed by atoms with Crippen LogP contribution in [0.3, 0.4) is 0 Å². The maximum Gasteiger partial charge on any atom is 0.178 e. The Hall–Kier alpha value is -3.99. The average Bonchev–Trinajstić information content (AvgIpc) is 3.27. The molecule has 5 heteroatoms. The molecule has 3 aromatic heterocycles. The van der Waals surface area contributed by atoms with Gasteiger partial charge in [0.05, 0.1) is 16.8 Å². The molecule has 0 amide bonds. The summed E-state index contributed by atoms with van der Waals surface area (Å²) in [5.41, 5.74) is 8.31. The summed E-state index contributed by atoms with van der Waals surface area (Å²) in [7, 11) is 0. The van der Waals surface area contributed by atoms with Gasteiger partial charge in [-0.25, -0.2) is 4.52 Å². The van der Waals surface area contributed by atoms with E-state index in [0.29, 0.717) is 22.3 Å². The van der Waals surface area contributed by atoms with Crippen LogP contribution >= 0.6 is 0 Å². The number of ketones is 2. The molecule has 5 rings (SSSR count). The fraction of sp³-hybridized carbons (Fsp3) is 0.207. The Bertz CT molecular complexity index is 1620. The molecule has 3 heterocycles. The van der Waals surface area contributed by atoms with E-state index in [-0.39, 0.29) is 11.6 Å². The molecule has 5 aromatic rings. The molecule has 0 saturated heterocycles. The predicted octanol–water partition coefficient (Wildman–Crippen LogP) is 6.58. The zero-order valence-electron chi connectivity index (χ0n) is 20.4. The smallest absolute Gasteiger partial charge is 0.178 e. The predicted molar refractivity (Wildman–Crippen MR) is 136 cm³/mol. The Labute approximate surface area is 198 Å². The Morgan fingerprint density at radius 2 is 1.38 bits per heavy atom. The third kappa shape index (κ3) is 3.04. The highest BCUT2D eigenvalue weighted by Gasteiger charge is 2.30. The molecule has 0 bridgehead atoms. The summed E-state index contributed by atoms with van der Waals surface area (Å²) in [5, 5.41) is 6.84. The summed E-state index contributed by atoms with van der Waals surface area (Å²) >= 11 is 0. The van der Waals surface area contributed by atoms with Gasteiger partial charge < -0.3 is 4.57 Å². The van der Waals surface area contributed by atoms with Gasteiger partial charge >= 0.3 is 0 Å². The van der Waals surface area contributed by atoms with Crippen molar-refractivity contribution in [1.29, 1.82) is 0 Å². The minimum atomic E-state index is -0.125. The van der Waals surface area contributed by atoms with Crippen molar-refractivity contribution in [3.8, 4) is 16.8 Å². The molecule has 0 aliphatic heterocycles. The highest BCUT2D eigenvalue weighted by Crippen LogP contribution is 2.40. The number of carbonyl (C=O) groups excluding carboxylic acids is 2. The van der Waals surface area contributed by atoms with Crippen LogP contribution in [0.15, 0.2) is 54.6 Å². The van der Waals surface area contributed by atoms with Crippen molar-refractivity contribution in [1.82, 2.24) is 14.2 Å². The molecule has 5 nitrogen and oxygen atoms in total. The topological polar surface area (TPSA) is 56.4 Å². The monoisotopic (exact) mass is 449 g/mol. The van der Waals surface area contributed by atoms with E-state index < -0.39 is 0 Å². The van der Waals surface area contributed by atoms with E-state index in [1.807, 2.05) is 37.3 Å². The van der Waals surface area contributed by atoms with E-state index in [4.69, 9.17) is 5.10 Å². The lowest BCUT2D eigenvalue weighted by Crippen LogP contribution is -2.05. The third-order valence-corrected chi connectivity index (χ3v) is 6.68. The maximum absolute atomic E-state index is 13.2. The Morgan fingerprint density at radius 1 is 0.765 bits per heavy atom. The van der Waals surface area contributed by atoms with Crippen molar-refractivity contribution in [3.63, 3.8) is 0 Å². The van der Waals surface area contributed by atoms with E-state index in [0.717, 1.165) is 39.1 Å². The van der Waals surface area contributed by atoms with Crippen molar-refractivity contribution in [2.45, 2.75) is 41.5 Å². The highest BCUT2D eigenvalue weighted by atomic mass is 16.1. The number of benzene rings is 2. The zero-order valence-corrected chi connectivity index (χ0v) is 20.4. The molecule has 0 saturated carbocycles. The molecular formula is C29H27N3O2. The van der Waals surface area contributed by atoms with E-state index in [9.17, 15) is 9.59 Å². The van der Waals surface area contributed by atoms with E-state index in [1.165, 1.54) is 12.5 Å². The van der Waals surface area contributed by atoms with Crippen LogP contribution in [0.1, 0.15) is 57.3 Å². The first-order valence-electron chi connectivity index (χ1n) is 11.4. The second-order valence-corrected chi connectivity index (χ2v) is 9.01. The molecule has 0 spiro atoms. The molecule has 2 aromatic carbocycles.